The molecule has 3 N–H and O–H groups in total. The molecule has 1 aromatic rings. The summed E-state index contributed by atoms with van der Waals surface area (Å²) in [5.41, 5.74) is -1.32. The predicted molar refractivity (Wildman–Crippen MR) is 144 cm³/mol. The largest absolute Gasteiger partial charge is 0.494 e. The van der Waals surface area contributed by atoms with E-state index in [4.69, 9.17) is 9.47 Å². The van der Waals surface area contributed by atoms with Gasteiger partial charge in [-0.15, -0.1) is 0 Å². The lowest BCUT2D eigenvalue weighted by Gasteiger charge is -2.38. The van der Waals surface area contributed by atoms with Crippen molar-refractivity contribution >= 4 is 23.4 Å². The summed E-state index contributed by atoms with van der Waals surface area (Å²) in [4.78, 5) is 43.4. The highest BCUT2D eigenvalue weighted by atomic mass is 16.5. The van der Waals surface area contributed by atoms with Gasteiger partial charge in [-0.2, -0.15) is 0 Å². The van der Waals surface area contributed by atoms with Crippen LogP contribution in [-0.4, -0.2) is 70.8 Å². The first-order chi connectivity index (χ1) is 18.2. The van der Waals surface area contributed by atoms with Gasteiger partial charge in [0.2, 0.25) is 17.7 Å². The van der Waals surface area contributed by atoms with Crippen molar-refractivity contribution in [1.82, 2.24) is 10.2 Å². The molecular weight excluding hydrogens is 486 g/mol. The Balaban J connectivity index is 1.71. The summed E-state index contributed by atoms with van der Waals surface area (Å²) in [6.45, 7) is 10.6. The van der Waals surface area contributed by atoms with Gasteiger partial charge in [-0.05, 0) is 62.8 Å². The molecule has 3 aliphatic heterocycles. The van der Waals surface area contributed by atoms with Gasteiger partial charge in [0.15, 0.2) is 0 Å². The zero-order valence-corrected chi connectivity index (χ0v) is 23.3. The molecule has 9 nitrogen and oxygen atoms in total. The minimum Gasteiger partial charge on any atom is -0.494 e. The van der Waals surface area contributed by atoms with Crippen molar-refractivity contribution in [3.8, 4) is 5.75 Å². The van der Waals surface area contributed by atoms with Crippen LogP contribution in [0.1, 0.15) is 66.7 Å². The molecule has 3 fully saturated rings. The van der Waals surface area contributed by atoms with Gasteiger partial charge >= 0.3 is 0 Å². The van der Waals surface area contributed by atoms with Crippen LogP contribution in [0.15, 0.2) is 24.3 Å². The zero-order valence-electron chi connectivity index (χ0n) is 23.3. The average molecular weight is 530 g/mol. The second-order valence-electron chi connectivity index (χ2n) is 11.2. The number of fused-ring (bicyclic) bond motifs is 1. The molecule has 3 saturated heterocycles. The van der Waals surface area contributed by atoms with Crippen molar-refractivity contribution in [3.63, 3.8) is 0 Å². The smallest absolute Gasteiger partial charge is 0.245 e. The van der Waals surface area contributed by atoms with Gasteiger partial charge in [0, 0.05) is 12.2 Å². The number of benzene rings is 1. The maximum atomic E-state index is 14.2. The van der Waals surface area contributed by atoms with Crippen LogP contribution in [-0.2, 0) is 19.1 Å². The topological polar surface area (TPSA) is 117 Å². The Bertz CT molecular complexity index is 1030. The van der Waals surface area contributed by atoms with Gasteiger partial charge in [-0.25, -0.2) is 0 Å². The van der Waals surface area contributed by atoms with Crippen LogP contribution in [0.2, 0.25) is 0 Å². The van der Waals surface area contributed by atoms with E-state index in [1.54, 1.807) is 29.2 Å². The number of aliphatic hydroxyl groups excluding tert-OH is 1. The van der Waals surface area contributed by atoms with Crippen LogP contribution < -0.4 is 15.4 Å². The molecule has 0 saturated carbocycles. The molecule has 9 heteroatoms. The van der Waals surface area contributed by atoms with E-state index in [2.05, 4.69) is 10.6 Å². The van der Waals surface area contributed by atoms with E-state index in [1.165, 1.54) is 0 Å². The number of unbranched alkanes of at least 4 members (excludes halogenated alkanes) is 1. The number of aliphatic hydroxyl groups is 1. The van der Waals surface area contributed by atoms with Gasteiger partial charge in [0.25, 0.3) is 0 Å². The van der Waals surface area contributed by atoms with Gasteiger partial charge in [0.05, 0.1) is 36.7 Å². The van der Waals surface area contributed by atoms with E-state index in [0.717, 1.165) is 12.8 Å². The first-order valence-electron chi connectivity index (χ1n) is 14.1. The van der Waals surface area contributed by atoms with Crippen LogP contribution in [0.3, 0.4) is 0 Å². The first kappa shape index (κ1) is 28.4. The van der Waals surface area contributed by atoms with E-state index in [1.807, 2.05) is 34.6 Å². The zero-order chi connectivity index (χ0) is 27.7. The Labute approximate surface area is 225 Å². The minimum absolute atomic E-state index is 0.0846. The van der Waals surface area contributed by atoms with Gasteiger partial charge < -0.3 is 30.1 Å². The molecular formula is C29H43N3O6. The Morgan fingerprint density at radius 3 is 2.45 bits per heavy atom. The second-order valence-corrected chi connectivity index (χ2v) is 11.2. The Morgan fingerprint density at radius 2 is 1.87 bits per heavy atom. The number of carbonyl (C=O) groups excluding carboxylic acids is 3. The highest BCUT2D eigenvalue weighted by Crippen LogP contribution is 2.64. The molecule has 6 atom stereocenters. The van der Waals surface area contributed by atoms with Crippen molar-refractivity contribution in [2.24, 2.45) is 17.8 Å². The number of anilines is 1. The number of amides is 3. The summed E-state index contributed by atoms with van der Waals surface area (Å²) in [5.74, 6) is -1.76. The number of rotatable bonds is 12. The maximum Gasteiger partial charge on any atom is 0.245 e. The van der Waals surface area contributed by atoms with Gasteiger partial charge in [0.1, 0.15) is 17.4 Å². The standard InChI is InChI=1S/C29H43N3O6/c1-6-9-16-30-26(35)24-29-15-14-28(7-2,38-29)22(23(29)27(36)32(24)21(17-33)18(4)5)25(34)31-19-10-12-20(13-11-19)37-8-3/h10-13,18,21-24,33H,6-9,14-17H2,1-5H3,(H,30,35)(H,31,34)/t21-,22-,23-,24?,28+,29?/m0/s1. The quantitative estimate of drug-likeness (QED) is 0.358. The summed E-state index contributed by atoms with van der Waals surface area (Å²) < 4.78 is 12.3. The summed E-state index contributed by atoms with van der Waals surface area (Å²) in [5, 5.41) is 16.3. The third kappa shape index (κ3) is 4.57. The summed E-state index contributed by atoms with van der Waals surface area (Å²) in [6.07, 6.45) is 3.41. The van der Waals surface area contributed by atoms with Crippen LogP contribution in [0.25, 0.3) is 0 Å². The number of nitrogens with one attached hydrogen (secondary N) is 2. The van der Waals surface area contributed by atoms with Crippen LogP contribution in [0.5, 0.6) is 5.75 Å². The Morgan fingerprint density at radius 1 is 1.16 bits per heavy atom. The summed E-state index contributed by atoms with van der Waals surface area (Å²) >= 11 is 0. The molecule has 38 heavy (non-hydrogen) atoms. The van der Waals surface area contributed by atoms with E-state index < -0.39 is 35.1 Å². The van der Waals surface area contributed by atoms with Crippen molar-refractivity contribution in [3.05, 3.63) is 24.3 Å². The molecule has 210 valence electrons. The van der Waals surface area contributed by atoms with Crippen LogP contribution >= 0.6 is 0 Å². The Hall–Kier alpha value is -2.65. The molecule has 0 aliphatic carbocycles. The fourth-order valence-electron chi connectivity index (χ4n) is 6.84. The van der Waals surface area contributed by atoms with Crippen LogP contribution in [0.4, 0.5) is 5.69 Å². The lowest BCUT2D eigenvalue weighted by Crippen LogP contribution is -2.59. The first-order valence-corrected chi connectivity index (χ1v) is 14.1. The molecule has 4 rings (SSSR count). The molecule has 3 aliphatic rings. The number of hydrogen-bond acceptors (Lipinski definition) is 6. The molecule has 1 aromatic carbocycles. The van der Waals surface area contributed by atoms with Gasteiger partial charge in [-0.3, -0.25) is 14.4 Å². The van der Waals surface area contributed by atoms with E-state index in [9.17, 15) is 19.5 Å². The number of hydrogen-bond donors (Lipinski definition) is 3. The number of carbonyl (C=O) groups is 3. The molecule has 2 bridgehead atoms. The maximum absolute atomic E-state index is 14.2. The van der Waals surface area contributed by atoms with E-state index in [0.29, 0.717) is 43.9 Å². The van der Waals surface area contributed by atoms with E-state index in [-0.39, 0.29) is 30.2 Å². The Kier molecular flexibility index (Phi) is 8.37. The minimum atomic E-state index is -1.10. The number of likely N-dealkylation sites (tertiary alicyclic amines) is 1. The molecule has 0 radical (unpaired) electrons. The normalized spacial score (nSPS) is 30.4. The van der Waals surface area contributed by atoms with Gasteiger partial charge in [-0.1, -0.05) is 34.1 Å². The number of nitrogens with zero attached hydrogens (tertiary/aromatic N) is 1. The fourth-order valence-corrected chi connectivity index (χ4v) is 6.84. The second kappa shape index (κ2) is 11.2. The van der Waals surface area contributed by atoms with Crippen LogP contribution in [0, 0.1) is 17.8 Å². The lowest BCUT2D eigenvalue weighted by molar-refractivity contribution is -0.151. The molecule has 3 heterocycles. The van der Waals surface area contributed by atoms with Crippen molar-refractivity contribution in [1.29, 1.82) is 0 Å². The predicted octanol–water partition coefficient (Wildman–Crippen LogP) is 3.11. The monoisotopic (exact) mass is 529 g/mol. The molecule has 3 amide bonds. The molecule has 2 unspecified atom stereocenters. The third-order valence-corrected chi connectivity index (χ3v) is 8.73. The van der Waals surface area contributed by atoms with Crippen molar-refractivity contribution in [2.75, 3.05) is 25.1 Å². The SMILES string of the molecule is CCCCNC(=O)C1N([C@@H](CO)C(C)C)C(=O)[C@@H]2[C@@H](C(=O)Nc3ccc(OCC)cc3)[C@@]3(CC)CCC12O3. The van der Waals surface area contributed by atoms with Crippen molar-refractivity contribution < 1.29 is 29.0 Å². The molecule has 1 spiro atoms. The highest BCUT2D eigenvalue weighted by molar-refractivity contribution is 6.02. The number of ether oxygens (including phenoxy) is 2. The highest BCUT2D eigenvalue weighted by Gasteiger charge is 2.79. The third-order valence-electron chi connectivity index (χ3n) is 8.73. The lowest BCUT2D eigenvalue weighted by atomic mass is 9.65. The average Bonchev–Trinajstić information content (AvgIpc) is 3.50. The fraction of sp³-hybridized carbons (Fsp3) is 0.690. The summed E-state index contributed by atoms with van der Waals surface area (Å²) in [7, 11) is 0. The van der Waals surface area contributed by atoms with E-state index >= 15 is 0 Å². The summed E-state index contributed by atoms with van der Waals surface area (Å²) in [6, 6.07) is 5.69. The molecule has 0 aromatic heterocycles. The van der Waals surface area contributed by atoms with Crippen molar-refractivity contribution in [2.45, 2.75) is 90.0 Å².